The van der Waals surface area contributed by atoms with Crippen molar-refractivity contribution < 1.29 is 9.66 Å². The van der Waals surface area contributed by atoms with Crippen molar-refractivity contribution in [1.82, 2.24) is 9.97 Å². The van der Waals surface area contributed by atoms with Crippen molar-refractivity contribution in [3.63, 3.8) is 0 Å². The molecule has 1 fully saturated rings. The second kappa shape index (κ2) is 4.60. The fourth-order valence-corrected chi connectivity index (χ4v) is 2.11. The number of anilines is 1. The summed E-state index contributed by atoms with van der Waals surface area (Å²) < 4.78 is 4.99. The Kier molecular flexibility index (Phi) is 3.17. The van der Waals surface area contributed by atoms with Crippen LogP contribution in [0.4, 0.5) is 11.6 Å². The highest BCUT2D eigenvalue weighted by molar-refractivity contribution is 8.00. The lowest BCUT2D eigenvalue weighted by Gasteiger charge is -2.24. The minimum atomic E-state index is -0.512. The van der Waals surface area contributed by atoms with Gasteiger partial charge in [-0.15, -0.1) is 0 Å². The average molecular weight is 243 g/mol. The van der Waals surface area contributed by atoms with Gasteiger partial charge in [0.1, 0.15) is 6.20 Å². The highest BCUT2D eigenvalue weighted by Crippen LogP contribution is 2.33. The Morgan fingerprint density at radius 2 is 2.44 bits per heavy atom. The molecule has 86 valence electrons. The molecule has 0 amide bonds. The lowest BCUT2D eigenvalue weighted by molar-refractivity contribution is -0.388. The number of aromatic nitrogens is 2. The van der Waals surface area contributed by atoms with Crippen molar-refractivity contribution in [3.8, 4) is 0 Å². The van der Waals surface area contributed by atoms with E-state index in [2.05, 4.69) is 15.4 Å². The van der Waals surface area contributed by atoms with Crippen molar-refractivity contribution in [2.24, 2.45) is 5.84 Å². The Labute approximate surface area is 94.7 Å². The number of nitrogens with two attached hydrogens (primary N) is 1. The van der Waals surface area contributed by atoms with Crippen molar-refractivity contribution >= 4 is 23.4 Å². The second-order valence-electron chi connectivity index (χ2n) is 3.06. The first-order valence-corrected chi connectivity index (χ1v) is 5.31. The molecule has 2 heterocycles. The van der Waals surface area contributed by atoms with E-state index in [0.29, 0.717) is 18.2 Å². The predicted octanol–water partition coefficient (Wildman–Crippen LogP) is 0.161. The summed E-state index contributed by atoms with van der Waals surface area (Å²) in [5.74, 6) is 5.30. The zero-order valence-electron chi connectivity index (χ0n) is 8.12. The van der Waals surface area contributed by atoms with Gasteiger partial charge in [-0.05, 0) is 0 Å². The van der Waals surface area contributed by atoms with Gasteiger partial charge >= 0.3 is 5.69 Å². The van der Waals surface area contributed by atoms with Gasteiger partial charge in [-0.2, -0.15) is 4.98 Å². The number of rotatable bonds is 4. The van der Waals surface area contributed by atoms with Crippen LogP contribution in [0.15, 0.2) is 11.2 Å². The Morgan fingerprint density at radius 3 is 2.94 bits per heavy atom. The number of hydrogen-bond donors (Lipinski definition) is 2. The summed E-state index contributed by atoms with van der Waals surface area (Å²) in [5.41, 5.74) is 2.14. The van der Waals surface area contributed by atoms with Crippen molar-refractivity contribution in [2.45, 2.75) is 10.3 Å². The maximum atomic E-state index is 10.7. The van der Waals surface area contributed by atoms with E-state index < -0.39 is 4.92 Å². The molecule has 0 unspecified atom stereocenters. The van der Waals surface area contributed by atoms with Gasteiger partial charge < -0.3 is 4.74 Å². The van der Waals surface area contributed by atoms with Crippen LogP contribution in [0.5, 0.6) is 0 Å². The van der Waals surface area contributed by atoms with Crippen LogP contribution >= 0.6 is 11.8 Å². The number of ether oxygens (including phenoxy) is 1. The molecule has 1 aromatic heterocycles. The van der Waals surface area contributed by atoms with Crippen LogP contribution in [-0.2, 0) is 4.74 Å². The van der Waals surface area contributed by atoms with Crippen molar-refractivity contribution in [2.75, 3.05) is 18.6 Å². The maximum Gasteiger partial charge on any atom is 0.319 e. The van der Waals surface area contributed by atoms with Gasteiger partial charge in [0.05, 0.1) is 23.4 Å². The highest BCUT2D eigenvalue weighted by atomic mass is 32.2. The molecule has 0 aliphatic carbocycles. The molecule has 0 bridgehead atoms. The van der Waals surface area contributed by atoms with E-state index in [1.807, 2.05) is 0 Å². The fraction of sp³-hybridized carbons (Fsp3) is 0.429. The van der Waals surface area contributed by atoms with Crippen LogP contribution < -0.4 is 11.3 Å². The Morgan fingerprint density at radius 1 is 1.69 bits per heavy atom. The summed E-state index contributed by atoms with van der Waals surface area (Å²) in [6.07, 6.45) is 1.14. The zero-order chi connectivity index (χ0) is 11.5. The summed E-state index contributed by atoms with van der Waals surface area (Å²) in [4.78, 5) is 17.9. The average Bonchev–Trinajstić information content (AvgIpc) is 2.22. The topological polar surface area (TPSA) is 116 Å². The molecule has 16 heavy (non-hydrogen) atoms. The summed E-state index contributed by atoms with van der Waals surface area (Å²) in [5, 5.41) is 11.3. The third-order valence-corrected chi connectivity index (χ3v) is 3.08. The number of nitrogens with one attached hydrogen (secondary N) is 1. The lowest BCUT2D eigenvalue weighted by atomic mass is 10.4. The molecular weight excluding hydrogens is 234 g/mol. The first kappa shape index (κ1) is 11.0. The molecule has 0 saturated carbocycles. The van der Waals surface area contributed by atoms with Gasteiger partial charge in [-0.1, -0.05) is 11.8 Å². The van der Waals surface area contributed by atoms with Crippen molar-refractivity contribution in [3.05, 3.63) is 16.3 Å². The first-order valence-electron chi connectivity index (χ1n) is 4.43. The summed E-state index contributed by atoms with van der Waals surface area (Å²) >= 11 is 1.30. The van der Waals surface area contributed by atoms with E-state index in [0.717, 1.165) is 6.20 Å². The van der Waals surface area contributed by atoms with E-state index in [9.17, 15) is 10.1 Å². The highest BCUT2D eigenvalue weighted by Gasteiger charge is 2.26. The monoisotopic (exact) mass is 243 g/mol. The van der Waals surface area contributed by atoms with Gasteiger partial charge in [0.25, 0.3) is 0 Å². The number of hydrazine groups is 1. The summed E-state index contributed by atoms with van der Waals surface area (Å²) in [7, 11) is 0. The lowest BCUT2D eigenvalue weighted by Crippen LogP contribution is -2.30. The molecule has 0 radical (unpaired) electrons. The van der Waals surface area contributed by atoms with Gasteiger partial charge in [0, 0.05) is 0 Å². The molecule has 0 spiro atoms. The van der Waals surface area contributed by atoms with E-state index in [-0.39, 0.29) is 16.9 Å². The van der Waals surface area contributed by atoms with E-state index >= 15 is 0 Å². The largest absolute Gasteiger partial charge is 0.379 e. The third kappa shape index (κ3) is 2.21. The zero-order valence-corrected chi connectivity index (χ0v) is 8.94. The summed E-state index contributed by atoms with van der Waals surface area (Å²) in [6, 6.07) is 0. The molecule has 0 atom stereocenters. The number of nitrogens with zero attached hydrogens (tertiary/aromatic N) is 3. The van der Waals surface area contributed by atoms with Crippen LogP contribution in [0.2, 0.25) is 0 Å². The van der Waals surface area contributed by atoms with Crippen LogP contribution in [0, 0.1) is 10.1 Å². The predicted molar refractivity (Wildman–Crippen MR) is 57.0 cm³/mol. The molecule has 8 nitrogen and oxygen atoms in total. The maximum absolute atomic E-state index is 10.7. The molecule has 9 heteroatoms. The van der Waals surface area contributed by atoms with E-state index in [4.69, 9.17) is 10.6 Å². The van der Waals surface area contributed by atoms with Gasteiger partial charge in [0.2, 0.25) is 5.95 Å². The molecule has 3 N–H and O–H groups in total. The van der Waals surface area contributed by atoms with Crippen molar-refractivity contribution in [1.29, 1.82) is 0 Å². The van der Waals surface area contributed by atoms with Gasteiger partial charge in [-0.25, -0.2) is 10.8 Å². The second-order valence-corrected chi connectivity index (χ2v) is 4.35. The Bertz CT molecular complexity index is 411. The minimum Gasteiger partial charge on any atom is -0.379 e. The van der Waals surface area contributed by atoms with Gasteiger partial charge in [0.15, 0.2) is 5.03 Å². The van der Waals surface area contributed by atoms with Gasteiger partial charge in [-0.3, -0.25) is 15.5 Å². The number of nitrogen functional groups attached to an aromatic ring is 1. The number of nitro groups is 1. The Balaban J connectivity index is 2.25. The van der Waals surface area contributed by atoms with E-state index in [1.165, 1.54) is 11.8 Å². The fourth-order valence-electron chi connectivity index (χ4n) is 1.08. The molecule has 1 aliphatic heterocycles. The molecule has 1 saturated heterocycles. The molecule has 2 rings (SSSR count). The van der Waals surface area contributed by atoms with Crippen LogP contribution in [0.1, 0.15) is 0 Å². The smallest absolute Gasteiger partial charge is 0.319 e. The first-order chi connectivity index (χ1) is 7.70. The Hall–Kier alpha value is -1.45. The van der Waals surface area contributed by atoms with E-state index in [1.54, 1.807) is 0 Å². The number of hydrogen-bond acceptors (Lipinski definition) is 8. The molecule has 1 aliphatic rings. The van der Waals surface area contributed by atoms with Crippen LogP contribution in [0.25, 0.3) is 0 Å². The third-order valence-electron chi connectivity index (χ3n) is 1.95. The SMILES string of the molecule is NNc1ncc([N+](=O)[O-])c(SC2COC2)n1. The van der Waals surface area contributed by atoms with Crippen LogP contribution in [0.3, 0.4) is 0 Å². The van der Waals surface area contributed by atoms with Crippen LogP contribution in [-0.4, -0.2) is 33.4 Å². The minimum absolute atomic E-state index is 0.115. The molecule has 1 aromatic rings. The summed E-state index contributed by atoms with van der Waals surface area (Å²) in [6.45, 7) is 1.16. The number of thioether (sulfide) groups is 1. The molecule has 0 aromatic carbocycles. The quantitative estimate of drug-likeness (QED) is 0.332. The molecular formula is C7H9N5O3S. The standard InChI is InChI=1S/C7H9N5O3S/c8-11-7-9-1-5(12(13)14)6(10-7)16-4-2-15-3-4/h1,4H,2-3,8H2,(H,9,10,11). The normalized spacial score (nSPS) is 15.6.